The highest BCUT2D eigenvalue weighted by atomic mass is 79.9. The van der Waals surface area contributed by atoms with Crippen molar-refractivity contribution in [1.29, 1.82) is 0 Å². The molecule has 1 heterocycles. The SMILES string of the molecule is CCCNC(Cc1ccc(F)c(Br)c1)c1cnccc1C. The van der Waals surface area contributed by atoms with Gasteiger partial charge in [-0.15, -0.1) is 0 Å². The van der Waals surface area contributed by atoms with Crippen LogP contribution in [0.3, 0.4) is 0 Å². The van der Waals surface area contributed by atoms with Gasteiger partial charge in [-0.25, -0.2) is 4.39 Å². The van der Waals surface area contributed by atoms with Crippen molar-refractivity contribution in [1.82, 2.24) is 10.3 Å². The summed E-state index contributed by atoms with van der Waals surface area (Å²) in [7, 11) is 0. The smallest absolute Gasteiger partial charge is 0.137 e. The van der Waals surface area contributed by atoms with Crippen LogP contribution >= 0.6 is 15.9 Å². The van der Waals surface area contributed by atoms with Crippen LogP contribution in [-0.4, -0.2) is 11.5 Å². The number of nitrogens with one attached hydrogen (secondary N) is 1. The van der Waals surface area contributed by atoms with E-state index in [0.717, 1.165) is 24.9 Å². The van der Waals surface area contributed by atoms with Crippen LogP contribution in [0.15, 0.2) is 41.1 Å². The molecule has 0 aliphatic carbocycles. The van der Waals surface area contributed by atoms with Gasteiger partial charge in [-0.1, -0.05) is 13.0 Å². The molecule has 2 rings (SSSR count). The Kier molecular flexibility index (Phi) is 5.88. The third kappa shape index (κ3) is 4.35. The van der Waals surface area contributed by atoms with Gasteiger partial charge < -0.3 is 5.32 Å². The molecule has 1 aromatic carbocycles. The van der Waals surface area contributed by atoms with Crippen molar-refractivity contribution >= 4 is 15.9 Å². The molecule has 112 valence electrons. The lowest BCUT2D eigenvalue weighted by atomic mass is 9.97. The molecule has 0 amide bonds. The zero-order valence-electron chi connectivity index (χ0n) is 12.4. The topological polar surface area (TPSA) is 24.9 Å². The fourth-order valence-electron chi connectivity index (χ4n) is 2.35. The first-order valence-electron chi connectivity index (χ1n) is 7.19. The first kappa shape index (κ1) is 16.1. The summed E-state index contributed by atoms with van der Waals surface area (Å²) >= 11 is 3.25. The maximum atomic E-state index is 13.4. The van der Waals surface area contributed by atoms with Crippen LogP contribution in [0.25, 0.3) is 0 Å². The van der Waals surface area contributed by atoms with Crippen molar-refractivity contribution in [3.63, 3.8) is 0 Å². The maximum absolute atomic E-state index is 13.4. The molecule has 2 aromatic rings. The molecular formula is C17H20BrFN2. The van der Waals surface area contributed by atoms with Crippen molar-refractivity contribution in [2.24, 2.45) is 0 Å². The summed E-state index contributed by atoms with van der Waals surface area (Å²) in [4.78, 5) is 4.24. The van der Waals surface area contributed by atoms with E-state index < -0.39 is 0 Å². The Labute approximate surface area is 133 Å². The number of pyridine rings is 1. The summed E-state index contributed by atoms with van der Waals surface area (Å²) in [5.41, 5.74) is 3.52. The molecule has 2 nitrogen and oxygen atoms in total. The van der Waals surface area contributed by atoms with Gasteiger partial charge in [0.05, 0.1) is 4.47 Å². The van der Waals surface area contributed by atoms with Crippen LogP contribution in [0.5, 0.6) is 0 Å². The van der Waals surface area contributed by atoms with E-state index in [1.54, 1.807) is 0 Å². The number of hydrogen-bond donors (Lipinski definition) is 1. The van der Waals surface area contributed by atoms with E-state index in [9.17, 15) is 4.39 Å². The van der Waals surface area contributed by atoms with Gasteiger partial charge in [0, 0.05) is 18.4 Å². The Morgan fingerprint density at radius 1 is 1.33 bits per heavy atom. The Hall–Kier alpha value is -1.26. The molecule has 0 spiro atoms. The predicted molar refractivity (Wildman–Crippen MR) is 87.8 cm³/mol. The Morgan fingerprint density at radius 3 is 2.81 bits per heavy atom. The van der Waals surface area contributed by atoms with Gasteiger partial charge in [0.15, 0.2) is 0 Å². The molecule has 0 aliphatic rings. The third-order valence-electron chi connectivity index (χ3n) is 3.52. The standard InChI is InChI=1S/C17H20BrFN2/c1-3-7-21-17(14-11-20-8-6-12(14)2)10-13-4-5-16(19)15(18)9-13/h4-6,8-9,11,17,21H,3,7,10H2,1-2H3. The number of rotatable bonds is 6. The van der Waals surface area contributed by atoms with Gasteiger partial charge in [-0.2, -0.15) is 0 Å². The average molecular weight is 351 g/mol. The zero-order valence-corrected chi connectivity index (χ0v) is 14.0. The molecule has 0 saturated heterocycles. The van der Waals surface area contributed by atoms with Gasteiger partial charge in [0.2, 0.25) is 0 Å². The second kappa shape index (κ2) is 7.66. The fourth-order valence-corrected chi connectivity index (χ4v) is 2.78. The average Bonchev–Trinajstić information content (AvgIpc) is 2.48. The highest BCUT2D eigenvalue weighted by Crippen LogP contribution is 2.24. The Balaban J connectivity index is 2.24. The van der Waals surface area contributed by atoms with Gasteiger partial charge in [0.25, 0.3) is 0 Å². The molecule has 0 bridgehead atoms. The summed E-state index contributed by atoms with van der Waals surface area (Å²) in [5.74, 6) is -0.227. The molecule has 0 aliphatic heterocycles. The van der Waals surface area contributed by atoms with Crippen LogP contribution in [0.1, 0.15) is 36.1 Å². The third-order valence-corrected chi connectivity index (χ3v) is 4.13. The molecule has 1 aromatic heterocycles. The second-order valence-corrected chi connectivity index (χ2v) is 6.05. The minimum Gasteiger partial charge on any atom is -0.310 e. The van der Waals surface area contributed by atoms with Crippen molar-refractivity contribution in [3.05, 3.63) is 63.6 Å². The first-order chi connectivity index (χ1) is 10.1. The number of nitrogens with zero attached hydrogens (tertiary/aromatic N) is 1. The van der Waals surface area contributed by atoms with E-state index in [1.807, 2.05) is 30.6 Å². The van der Waals surface area contributed by atoms with Crippen molar-refractivity contribution in [2.75, 3.05) is 6.54 Å². The summed E-state index contributed by atoms with van der Waals surface area (Å²) in [6.07, 6.45) is 5.61. The highest BCUT2D eigenvalue weighted by molar-refractivity contribution is 9.10. The fraction of sp³-hybridized carbons (Fsp3) is 0.353. The van der Waals surface area contributed by atoms with Crippen LogP contribution < -0.4 is 5.32 Å². The summed E-state index contributed by atoms with van der Waals surface area (Å²) in [5, 5.41) is 3.56. The summed E-state index contributed by atoms with van der Waals surface area (Å²) < 4.78 is 13.9. The van der Waals surface area contributed by atoms with Crippen LogP contribution in [0.2, 0.25) is 0 Å². The van der Waals surface area contributed by atoms with Gasteiger partial charge in [0.1, 0.15) is 5.82 Å². The monoisotopic (exact) mass is 350 g/mol. The highest BCUT2D eigenvalue weighted by Gasteiger charge is 2.14. The van der Waals surface area contributed by atoms with Crippen LogP contribution in [0, 0.1) is 12.7 Å². The van der Waals surface area contributed by atoms with Gasteiger partial charge >= 0.3 is 0 Å². The second-order valence-electron chi connectivity index (χ2n) is 5.19. The van der Waals surface area contributed by atoms with Crippen LogP contribution in [0.4, 0.5) is 4.39 Å². The normalized spacial score (nSPS) is 12.4. The number of benzene rings is 1. The quantitative estimate of drug-likeness (QED) is 0.824. The van der Waals surface area contributed by atoms with E-state index >= 15 is 0 Å². The van der Waals surface area contributed by atoms with Gasteiger partial charge in [-0.05, 0) is 77.1 Å². The minimum atomic E-state index is -0.227. The molecular weight excluding hydrogens is 331 g/mol. The van der Waals surface area contributed by atoms with Crippen molar-refractivity contribution in [3.8, 4) is 0 Å². The first-order valence-corrected chi connectivity index (χ1v) is 7.99. The number of aryl methyl sites for hydroxylation is 1. The van der Waals surface area contributed by atoms with Crippen molar-refractivity contribution in [2.45, 2.75) is 32.7 Å². The molecule has 1 unspecified atom stereocenters. The Morgan fingerprint density at radius 2 is 2.14 bits per heavy atom. The lowest BCUT2D eigenvalue weighted by Crippen LogP contribution is -2.25. The largest absolute Gasteiger partial charge is 0.310 e. The summed E-state index contributed by atoms with van der Waals surface area (Å²) in [6.45, 7) is 5.19. The molecule has 1 N–H and O–H groups in total. The van der Waals surface area contributed by atoms with Crippen LogP contribution in [-0.2, 0) is 6.42 Å². The van der Waals surface area contributed by atoms with E-state index in [1.165, 1.54) is 17.2 Å². The Bertz CT molecular complexity index is 601. The molecule has 4 heteroatoms. The molecule has 0 saturated carbocycles. The predicted octanol–water partition coefficient (Wildman–Crippen LogP) is 4.58. The number of halogens is 2. The van der Waals surface area contributed by atoms with Crippen molar-refractivity contribution < 1.29 is 4.39 Å². The minimum absolute atomic E-state index is 0.191. The molecule has 0 radical (unpaired) electrons. The van der Waals surface area contributed by atoms with E-state index in [4.69, 9.17) is 0 Å². The number of hydrogen-bond acceptors (Lipinski definition) is 2. The maximum Gasteiger partial charge on any atom is 0.137 e. The molecule has 1 atom stereocenters. The van der Waals surface area contributed by atoms with Gasteiger partial charge in [-0.3, -0.25) is 4.98 Å². The van der Waals surface area contributed by atoms with E-state index in [-0.39, 0.29) is 11.9 Å². The molecule has 0 fully saturated rings. The summed E-state index contributed by atoms with van der Waals surface area (Å²) in [6, 6.07) is 7.41. The lowest BCUT2D eigenvalue weighted by Gasteiger charge is -2.21. The lowest BCUT2D eigenvalue weighted by molar-refractivity contribution is 0.525. The van der Waals surface area contributed by atoms with E-state index in [2.05, 4.69) is 40.1 Å². The zero-order chi connectivity index (χ0) is 15.2. The molecule has 21 heavy (non-hydrogen) atoms. The number of aromatic nitrogens is 1. The van der Waals surface area contributed by atoms with E-state index in [0.29, 0.717) is 4.47 Å².